The summed E-state index contributed by atoms with van der Waals surface area (Å²) in [5.74, 6) is 3.46. The molecular formula is C13H21N3OS. The summed E-state index contributed by atoms with van der Waals surface area (Å²) >= 11 is 0. The zero-order valence-corrected chi connectivity index (χ0v) is 11.8. The lowest BCUT2D eigenvalue weighted by Crippen LogP contribution is -2.25. The van der Waals surface area contributed by atoms with Gasteiger partial charge in [0, 0.05) is 60.0 Å². The van der Waals surface area contributed by atoms with E-state index in [1.807, 2.05) is 6.92 Å². The molecule has 0 aromatic carbocycles. The molecule has 0 radical (unpaired) electrons. The Morgan fingerprint density at radius 1 is 1.50 bits per heavy atom. The number of nitrogens with one attached hydrogen (secondary N) is 1. The maximum absolute atomic E-state index is 11.6. The van der Waals surface area contributed by atoms with E-state index >= 15 is 0 Å². The van der Waals surface area contributed by atoms with Crippen LogP contribution in [0, 0.1) is 0 Å². The second kappa shape index (κ2) is 5.13. The van der Waals surface area contributed by atoms with Crippen molar-refractivity contribution in [3.63, 3.8) is 0 Å². The lowest BCUT2D eigenvalue weighted by molar-refractivity contribution is 0.590. The minimum absolute atomic E-state index is 0.672. The molecule has 100 valence electrons. The van der Waals surface area contributed by atoms with Gasteiger partial charge in [-0.2, -0.15) is 0 Å². The molecule has 1 N–H and O–H groups in total. The molecule has 0 saturated heterocycles. The topological polar surface area (TPSA) is 46.9 Å². The third-order valence-corrected chi connectivity index (χ3v) is 5.10. The predicted molar refractivity (Wildman–Crippen MR) is 73.2 cm³/mol. The number of hydrogen-bond donors (Lipinski definition) is 1. The largest absolute Gasteiger partial charge is 0.331 e. The maximum Gasteiger partial charge on any atom is 0.112 e. The van der Waals surface area contributed by atoms with Gasteiger partial charge in [-0.3, -0.25) is 4.21 Å². The van der Waals surface area contributed by atoms with Crippen LogP contribution < -0.4 is 5.32 Å². The van der Waals surface area contributed by atoms with Crippen molar-refractivity contribution in [2.45, 2.75) is 45.2 Å². The first-order chi connectivity index (χ1) is 8.79. The molecule has 1 aliphatic heterocycles. The van der Waals surface area contributed by atoms with Gasteiger partial charge in [-0.1, -0.05) is 6.92 Å². The summed E-state index contributed by atoms with van der Waals surface area (Å²) in [4.78, 5) is 4.82. The smallest absolute Gasteiger partial charge is 0.112 e. The summed E-state index contributed by atoms with van der Waals surface area (Å²) in [6, 6.07) is 0. The predicted octanol–water partition coefficient (Wildman–Crippen LogP) is 1.17. The molecule has 18 heavy (non-hydrogen) atoms. The van der Waals surface area contributed by atoms with E-state index in [0.717, 1.165) is 37.6 Å². The number of hydrogen-bond acceptors (Lipinski definition) is 3. The first-order valence-corrected chi connectivity index (χ1v) is 8.42. The molecule has 1 aromatic rings. The van der Waals surface area contributed by atoms with Crippen LogP contribution in [0.1, 0.15) is 42.9 Å². The van der Waals surface area contributed by atoms with Gasteiger partial charge in [0.2, 0.25) is 0 Å². The molecule has 0 amide bonds. The number of imidazole rings is 1. The van der Waals surface area contributed by atoms with E-state index in [4.69, 9.17) is 4.98 Å². The summed E-state index contributed by atoms with van der Waals surface area (Å²) in [5, 5.41) is 3.38. The minimum atomic E-state index is -0.678. The van der Waals surface area contributed by atoms with Crippen molar-refractivity contribution in [2.24, 2.45) is 0 Å². The SMILES string of the molecule is CCS(=O)CCn1c(C2CC2)nc2c1CCNC2. The number of nitrogens with zero attached hydrogens (tertiary/aromatic N) is 2. The van der Waals surface area contributed by atoms with Crippen molar-refractivity contribution in [2.75, 3.05) is 18.1 Å². The van der Waals surface area contributed by atoms with Gasteiger partial charge in [-0.05, 0) is 12.8 Å². The molecule has 0 bridgehead atoms. The molecule has 1 fully saturated rings. The van der Waals surface area contributed by atoms with Crippen LogP contribution in [-0.4, -0.2) is 31.8 Å². The zero-order chi connectivity index (χ0) is 12.5. The van der Waals surface area contributed by atoms with Crippen LogP contribution in [0.15, 0.2) is 0 Å². The van der Waals surface area contributed by atoms with Crippen LogP contribution in [-0.2, 0) is 30.3 Å². The monoisotopic (exact) mass is 267 g/mol. The van der Waals surface area contributed by atoms with Crippen LogP contribution in [0.2, 0.25) is 0 Å². The molecule has 2 aliphatic rings. The van der Waals surface area contributed by atoms with E-state index in [1.54, 1.807) is 0 Å². The van der Waals surface area contributed by atoms with E-state index in [-0.39, 0.29) is 0 Å². The van der Waals surface area contributed by atoms with Crippen molar-refractivity contribution in [3.8, 4) is 0 Å². The highest BCUT2D eigenvalue weighted by molar-refractivity contribution is 7.84. The Balaban J connectivity index is 1.85. The molecule has 3 rings (SSSR count). The first-order valence-electron chi connectivity index (χ1n) is 6.93. The van der Waals surface area contributed by atoms with Gasteiger partial charge in [-0.25, -0.2) is 4.98 Å². The van der Waals surface area contributed by atoms with E-state index in [9.17, 15) is 4.21 Å². The van der Waals surface area contributed by atoms with Gasteiger partial charge in [0.25, 0.3) is 0 Å². The lowest BCUT2D eigenvalue weighted by Gasteiger charge is -2.16. The fourth-order valence-electron chi connectivity index (χ4n) is 2.63. The number of aromatic nitrogens is 2. The standard InChI is InChI=1S/C13H21N3OS/c1-2-18(17)8-7-16-12-5-6-14-9-11(12)15-13(16)10-3-4-10/h10,14H,2-9H2,1H3. The molecule has 2 heterocycles. The fourth-order valence-corrected chi connectivity index (χ4v) is 3.31. The number of fused-ring (bicyclic) bond motifs is 1. The Morgan fingerprint density at radius 2 is 2.33 bits per heavy atom. The minimum Gasteiger partial charge on any atom is -0.331 e. The van der Waals surface area contributed by atoms with Crippen molar-refractivity contribution in [1.29, 1.82) is 0 Å². The second-order valence-corrected chi connectivity index (χ2v) is 7.01. The van der Waals surface area contributed by atoms with Gasteiger partial charge in [0.15, 0.2) is 0 Å². The van der Waals surface area contributed by atoms with E-state index in [1.165, 1.54) is 30.1 Å². The van der Waals surface area contributed by atoms with Crippen molar-refractivity contribution >= 4 is 10.8 Å². The Labute approximate surface area is 111 Å². The van der Waals surface area contributed by atoms with Crippen LogP contribution >= 0.6 is 0 Å². The molecule has 0 spiro atoms. The molecular weight excluding hydrogens is 246 g/mol. The molecule has 1 saturated carbocycles. The molecule has 1 atom stereocenters. The zero-order valence-electron chi connectivity index (χ0n) is 10.9. The molecule has 1 aliphatic carbocycles. The van der Waals surface area contributed by atoms with Gasteiger partial charge in [0.1, 0.15) is 5.82 Å². The van der Waals surface area contributed by atoms with Gasteiger partial charge in [0.05, 0.1) is 5.69 Å². The fraction of sp³-hybridized carbons (Fsp3) is 0.769. The Kier molecular flexibility index (Phi) is 3.52. The average molecular weight is 267 g/mol. The molecule has 4 nitrogen and oxygen atoms in total. The lowest BCUT2D eigenvalue weighted by atomic mass is 10.2. The molecule has 5 heteroatoms. The van der Waals surface area contributed by atoms with Crippen LogP contribution in [0.25, 0.3) is 0 Å². The van der Waals surface area contributed by atoms with E-state index in [0.29, 0.717) is 5.92 Å². The number of rotatable bonds is 5. The summed E-state index contributed by atoms with van der Waals surface area (Å²) in [6.45, 7) is 4.82. The van der Waals surface area contributed by atoms with E-state index in [2.05, 4.69) is 9.88 Å². The highest BCUT2D eigenvalue weighted by atomic mass is 32.2. The van der Waals surface area contributed by atoms with Crippen LogP contribution in [0.5, 0.6) is 0 Å². The van der Waals surface area contributed by atoms with Crippen molar-refractivity contribution < 1.29 is 4.21 Å². The molecule has 1 unspecified atom stereocenters. The quantitative estimate of drug-likeness (QED) is 0.871. The van der Waals surface area contributed by atoms with Crippen LogP contribution in [0.4, 0.5) is 0 Å². The Morgan fingerprint density at radius 3 is 3.06 bits per heavy atom. The first kappa shape index (κ1) is 12.4. The molecule has 1 aromatic heterocycles. The summed E-state index contributed by atoms with van der Waals surface area (Å²) in [5.41, 5.74) is 2.62. The normalized spacial score (nSPS) is 20.7. The summed E-state index contributed by atoms with van der Waals surface area (Å²) < 4.78 is 14.0. The summed E-state index contributed by atoms with van der Waals surface area (Å²) in [6.07, 6.45) is 3.62. The van der Waals surface area contributed by atoms with Gasteiger partial charge >= 0.3 is 0 Å². The highest BCUT2D eigenvalue weighted by Crippen LogP contribution is 2.40. The third-order valence-electron chi connectivity index (χ3n) is 3.82. The van der Waals surface area contributed by atoms with Gasteiger partial charge < -0.3 is 9.88 Å². The van der Waals surface area contributed by atoms with Crippen molar-refractivity contribution in [1.82, 2.24) is 14.9 Å². The Hall–Kier alpha value is -0.680. The summed E-state index contributed by atoms with van der Waals surface area (Å²) in [7, 11) is -0.678. The van der Waals surface area contributed by atoms with Crippen LogP contribution in [0.3, 0.4) is 0 Å². The highest BCUT2D eigenvalue weighted by Gasteiger charge is 2.31. The maximum atomic E-state index is 11.6. The average Bonchev–Trinajstić information content (AvgIpc) is 3.18. The Bertz CT molecular complexity index is 465. The van der Waals surface area contributed by atoms with E-state index < -0.39 is 10.8 Å². The third kappa shape index (κ3) is 2.38. The van der Waals surface area contributed by atoms with Crippen molar-refractivity contribution in [3.05, 3.63) is 17.2 Å². The van der Waals surface area contributed by atoms with Gasteiger partial charge in [-0.15, -0.1) is 0 Å². The second-order valence-electron chi connectivity index (χ2n) is 5.15.